The Labute approximate surface area is 157 Å². The number of amides is 1. The molecule has 2 aromatic carbocycles. The van der Waals surface area contributed by atoms with Gasteiger partial charge in [-0.05, 0) is 42.0 Å². The first-order valence-electron chi connectivity index (χ1n) is 8.77. The lowest BCUT2D eigenvalue weighted by Gasteiger charge is -2.05. The number of benzene rings is 2. The summed E-state index contributed by atoms with van der Waals surface area (Å²) in [6.07, 6.45) is 1.77. The lowest BCUT2D eigenvalue weighted by atomic mass is 10.2. The van der Waals surface area contributed by atoms with E-state index in [1.165, 1.54) is 0 Å². The zero-order chi connectivity index (χ0) is 18.5. The van der Waals surface area contributed by atoms with Crippen LogP contribution in [-0.4, -0.2) is 10.9 Å². The summed E-state index contributed by atoms with van der Waals surface area (Å²) in [6, 6.07) is 23.1. The van der Waals surface area contributed by atoms with Crippen LogP contribution in [0.15, 0.2) is 83.4 Å². The lowest BCUT2D eigenvalue weighted by molar-refractivity contribution is 0.0925. The summed E-state index contributed by atoms with van der Waals surface area (Å²) in [5, 5.41) is 7.09. The van der Waals surface area contributed by atoms with E-state index in [0.29, 0.717) is 24.4 Å². The summed E-state index contributed by atoms with van der Waals surface area (Å²) in [4.78, 5) is 16.6. The molecular formula is C22H19N3O2. The number of rotatable bonds is 6. The average Bonchev–Trinajstić information content (AvgIpc) is 3.15. The molecule has 5 heteroatoms. The van der Waals surface area contributed by atoms with E-state index < -0.39 is 0 Å². The van der Waals surface area contributed by atoms with Crippen molar-refractivity contribution in [2.45, 2.75) is 13.1 Å². The van der Waals surface area contributed by atoms with Crippen LogP contribution in [0.5, 0.6) is 0 Å². The molecule has 0 saturated heterocycles. The van der Waals surface area contributed by atoms with Crippen LogP contribution in [0.4, 0.5) is 5.69 Å². The maximum Gasteiger partial charge on any atom is 0.287 e. The monoisotopic (exact) mass is 357 g/mol. The number of aromatic nitrogens is 1. The first-order chi connectivity index (χ1) is 13.3. The van der Waals surface area contributed by atoms with Gasteiger partial charge in [0.1, 0.15) is 5.58 Å². The Bertz CT molecular complexity index is 1040. The van der Waals surface area contributed by atoms with Gasteiger partial charge < -0.3 is 15.1 Å². The normalized spacial score (nSPS) is 10.7. The molecule has 4 rings (SSSR count). The highest BCUT2D eigenvalue weighted by molar-refractivity contribution is 5.96. The molecule has 1 amide bonds. The van der Waals surface area contributed by atoms with Crippen LogP contribution < -0.4 is 10.6 Å². The van der Waals surface area contributed by atoms with E-state index in [0.717, 1.165) is 22.3 Å². The molecule has 2 aromatic heterocycles. The second kappa shape index (κ2) is 7.74. The molecule has 2 heterocycles. The van der Waals surface area contributed by atoms with Crippen molar-refractivity contribution >= 4 is 22.6 Å². The molecule has 0 saturated carbocycles. The summed E-state index contributed by atoms with van der Waals surface area (Å²) < 4.78 is 5.68. The van der Waals surface area contributed by atoms with Crippen molar-refractivity contribution in [1.82, 2.24) is 10.3 Å². The molecule has 0 fully saturated rings. The highest BCUT2D eigenvalue weighted by Gasteiger charge is 2.12. The summed E-state index contributed by atoms with van der Waals surface area (Å²) in [6.45, 7) is 1.10. The number of fused-ring (bicyclic) bond motifs is 1. The Balaban J connectivity index is 1.43. The first kappa shape index (κ1) is 16.8. The van der Waals surface area contributed by atoms with Gasteiger partial charge in [-0.3, -0.25) is 9.78 Å². The van der Waals surface area contributed by atoms with Gasteiger partial charge in [0.2, 0.25) is 0 Å². The lowest BCUT2D eigenvalue weighted by Crippen LogP contribution is -2.22. The molecule has 27 heavy (non-hydrogen) atoms. The molecule has 0 spiro atoms. The number of hydrogen-bond donors (Lipinski definition) is 2. The number of nitrogens with zero attached hydrogens (tertiary/aromatic N) is 1. The number of pyridine rings is 1. The Morgan fingerprint density at radius 3 is 2.59 bits per heavy atom. The number of carbonyl (C=O) groups excluding carboxylic acids is 1. The number of anilines is 1. The Kier molecular flexibility index (Phi) is 4.83. The fourth-order valence-corrected chi connectivity index (χ4v) is 2.83. The SMILES string of the molecule is O=C(NCc1ccccc1)c1cc2cc(NCc3ccccn3)ccc2o1. The second-order valence-corrected chi connectivity index (χ2v) is 6.21. The van der Waals surface area contributed by atoms with Crippen molar-refractivity contribution in [2.24, 2.45) is 0 Å². The molecule has 0 radical (unpaired) electrons. The van der Waals surface area contributed by atoms with Gasteiger partial charge in [0, 0.05) is 23.8 Å². The minimum Gasteiger partial charge on any atom is -0.451 e. The van der Waals surface area contributed by atoms with Crippen molar-refractivity contribution < 1.29 is 9.21 Å². The highest BCUT2D eigenvalue weighted by Crippen LogP contribution is 2.23. The molecule has 2 N–H and O–H groups in total. The molecule has 0 atom stereocenters. The van der Waals surface area contributed by atoms with Crippen LogP contribution in [0.3, 0.4) is 0 Å². The molecule has 4 aromatic rings. The number of hydrogen-bond acceptors (Lipinski definition) is 4. The van der Waals surface area contributed by atoms with Gasteiger partial charge in [-0.25, -0.2) is 0 Å². The molecule has 0 aliphatic heterocycles. The Hall–Kier alpha value is -3.60. The summed E-state index contributed by atoms with van der Waals surface area (Å²) in [5.41, 5.74) is 3.64. The minimum atomic E-state index is -0.224. The maximum absolute atomic E-state index is 12.4. The van der Waals surface area contributed by atoms with Gasteiger partial charge >= 0.3 is 0 Å². The zero-order valence-electron chi connectivity index (χ0n) is 14.7. The molecule has 0 bridgehead atoms. The van der Waals surface area contributed by atoms with E-state index in [9.17, 15) is 4.79 Å². The third kappa shape index (κ3) is 4.15. The second-order valence-electron chi connectivity index (χ2n) is 6.21. The molecular weight excluding hydrogens is 338 g/mol. The van der Waals surface area contributed by atoms with E-state index in [4.69, 9.17) is 4.42 Å². The standard InChI is InChI=1S/C22H19N3O2/c26-22(25-14-16-6-2-1-3-7-16)21-13-17-12-18(9-10-20(17)27-21)24-15-19-8-4-5-11-23-19/h1-13,24H,14-15H2,(H,25,26). The average molecular weight is 357 g/mol. The molecule has 5 nitrogen and oxygen atoms in total. The predicted molar refractivity (Wildman–Crippen MR) is 105 cm³/mol. The van der Waals surface area contributed by atoms with Crippen molar-refractivity contribution in [3.05, 3.63) is 96.0 Å². The quantitative estimate of drug-likeness (QED) is 0.538. The van der Waals surface area contributed by atoms with E-state index in [2.05, 4.69) is 15.6 Å². The third-order valence-electron chi connectivity index (χ3n) is 4.24. The number of furan rings is 1. The van der Waals surface area contributed by atoms with E-state index in [-0.39, 0.29) is 5.91 Å². The van der Waals surface area contributed by atoms with Crippen molar-refractivity contribution in [3.63, 3.8) is 0 Å². The first-order valence-corrected chi connectivity index (χ1v) is 8.77. The van der Waals surface area contributed by atoms with Gasteiger partial charge in [0.25, 0.3) is 5.91 Å². The summed E-state index contributed by atoms with van der Waals surface area (Å²) in [5.74, 6) is 0.0841. The molecule has 0 aliphatic rings. The highest BCUT2D eigenvalue weighted by atomic mass is 16.3. The number of carbonyl (C=O) groups is 1. The van der Waals surface area contributed by atoms with Gasteiger partial charge in [-0.2, -0.15) is 0 Å². The van der Waals surface area contributed by atoms with Crippen LogP contribution in [0.1, 0.15) is 21.8 Å². The van der Waals surface area contributed by atoms with Crippen LogP contribution >= 0.6 is 0 Å². The largest absolute Gasteiger partial charge is 0.451 e. The van der Waals surface area contributed by atoms with Gasteiger partial charge in [0.15, 0.2) is 5.76 Å². The zero-order valence-corrected chi connectivity index (χ0v) is 14.7. The summed E-state index contributed by atoms with van der Waals surface area (Å²) in [7, 11) is 0. The topological polar surface area (TPSA) is 67.2 Å². The van der Waals surface area contributed by atoms with Crippen molar-refractivity contribution in [1.29, 1.82) is 0 Å². The number of nitrogens with one attached hydrogen (secondary N) is 2. The van der Waals surface area contributed by atoms with E-state index >= 15 is 0 Å². The van der Waals surface area contributed by atoms with Gasteiger partial charge in [-0.15, -0.1) is 0 Å². The van der Waals surface area contributed by atoms with Crippen molar-refractivity contribution in [3.8, 4) is 0 Å². The van der Waals surface area contributed by atoms with Crippen LogP contribution in [-0.2, 0) is 13.1 Å². The van der Waals surface area contributed by atoms with Gasteiger partial charge in [0.05, 0.1) is 12.2 Å². The predicted octanol–water partition coefficient (Wildman–Crippen LogP) is 4.37. The Morgan fingerprint density at radius 2 is 1.78 bits per heavy atom. The molecule has 0 unspecified atom stereocenters. The Morgan fingerprint density at radius 1 is 0.926 bits per heavy atom. The minimum absolute atomic E-state index is 0.224. The van der Waals surface area contributed by atoms with Crippen LogP contribution in [0.25, 0.3) is 11.0 Å². The fourth-order valence-electron chi connectivity index (χ4n) is 2.83. The smallest absolute Gasteiger partial charge is 0.287 e. The van der Waals surface area contributed by atoms with E-state index in [1.54, 1.807) is 12.3 Å². The van der Waals surface area contributed by atoms with Gasteiger partial charge in [-0.1, -0.05) is 36.4 Å². The summed E-state index contributed by atoms with van der Waals surface area (Å²) >= 11 is 0. The fraction of sp³-hybridized carbons (Fsp3) is 0.0909. The van der Waals surface area contributed by atoms with Crippen molar-refractivity contribution in [2.75, 3.05) is 5.32 Å². The van der Waals surface area contributed by atoms with Crippen LogP contribution in [0, 0.1) is 0 Å². The molecule has 0 aliphatic carbocycles. The van der Waals surface area contributed by atoms with Crippen LogP contribution in [0.2, 0.25) is 0 Å². The van der Waals surface area contributed by atoms with E-state index in [1.807, 2.05) is 66.7 Å². The third-order valence-corrected chi connectivity index (χ3v) is 4.24. The molecule has 134 valence electrons. The maximum atomic E-state index is 12.4.